The summed E-state index contributed by atoms with van der Waals surface area (Å²) in [6.45, 7) is 4.59. The predicted octanol–water partition coefficient (Wildman–Crippen LogP) is 3.70. The maximum atomic E-state index is 6.31. The molecule has 0 aliphatic rings. The van der Waals surface area contributed by atoms with Crippen molar-refractivity contribution in [3.05, 3.63) is 47.1 Å². The average Bonchev–Trinajstić information content (AvgIpc) is 2.60. The van der Waals surface area contributed by atoms with E-state index in [-0.39, 0.29) is 0 Å². The Morgan fingerprint density at radius 2 is 2.04 bits per heavy atom. The lowest BCUT2D eigenvalue weighted by atomic mass is 10.2. The molecule has 0 bridgehead atoms. The van der Waals surface area contributed by atoms with Crippen LogP contribution in [0.4, 0.5) is 0 Å². The third kappa shape index (κ3) is 5.58. The van der Waals surface area contributed by atoms with Crippen molar-refractivity contribution in [1.29, 1.82) is 0 Å². The summed E-state index contributed by atoms with van der Waals surface area (Å²) in [6, 6.07) is 9.32. The van der Waals surface area contributed by atoms with Gasteiger partial charge >= 0.3 is 0 Å². The molecule has 1 N–H and O–H groups in total. The van der Waals surface area contributed by atoms with Crippen molar-refractivity contribution in [1.82, 2.24) is 10.3 Å². The van der Waals surface area contributed by atoms with Gasteiger partial charge in [0.25, 0.3) is 0 Å². The monoisotopic (exact) mass is 350 g/mol. The molecule has 5 nitrogen and oxygen atoms in total. The Hall–Kier alpha value is -1.98. The molecule has 0 spiro atoms. The van der Waals surface area contributed by atoms with E-state index in [2.05, 4.69) is 10.3 Å². The van der Waals surface area contributed by atoms with E-state index in [1.165, 1.54) is 0 Å². The quantitative estimate of drug-likeness (QED) is 0.662. The summed E-state index contributed by atoms with van der Waals surface area (Å²) < 4.78 is 16.4. The van der Waals surface area contributed by atoms with Gasteiger partial charge in [0, 0.05) is 29.9 Å². The molecule has 2 aromatic rings. The Kier molecular flexibility index (Phi) is 7.65. The topological polar surface area (TPSA) is 52.6 Å². The third-order valence-corrected chi connectivity index (χ3v) is 3.69. The minimum Gasteiger partial charge on any atom is -0.493 e. The summed E-state index contributed by atoms with van der Waals surface area (Å²) in [5.74, 6) is 2.01. The van der Waals surface area contributed by atoms with Gasteiger partial charge in [-0.2, -0.15) is 0 Å². The first kappa shape index (κ1) is 18.4. The number of aromatic nitrogens is 1. The molecule has 0 saturated heterocycles. The molecule has 0 amide bonds. The first-order chi connectivity index (χ1) is 11.7. The van der Waals surface area contributed by atoms with E-state index < -0.39 is 0 Å². The first-order valence-corrected chi connectivity index (χ1v) is 8.36. The van der Waals surface area contributed by atoms with Crippen LogP contribution in [0, 0.1) is 0 Å². The van der Waals surface area contributed by atoms with Crippen molar-refractivity contribution >= 4 is 11.6 Å². The zero-order chi connectivity index (χ0) is 17.2. The normalized spacial score (nSPS) is 10.5. The lowest BCUT2D eigenvalue weighted by Crippen LogP contribution is -2.17. The van der Waals surface area contributed by atoms with Crippen molar-refractivity contribution in [3.63, 3.8) is 0 Å². The van der Waals surface area contributed by atoms with E-state index in [4.69, 9.17) is 25.8 Å². The number of benzene rings is 1. The maximum Gasteiger partial charge on any atom is 0.213 e. The zero-order valence-electron chi connectivity index (χ0n) is 14.0. The first-order valence-electron chi connectivity index (χ1n) is 7.98. The number of pyridine rings is 1. The van der Waals surface area contributed by atoms with E-state index in [1.807, 2.05) is 31.2 Å². The second kappa shape index (κ2) is 10.0. The molecule has 24 heavy (non-hydrogen) atoms. The Bertz CT molecular complexity index is 623. The minimum absolute atomic E-state index is 0.570. The lowest BCUT2D eigenvalue weighted by Gasteiger charge is -2.13. The molecule has 1 aromatic heterocycles. The van der Waals surface area contributed by atoms with E-state index in [9.17, 15) is 0 Å². The van der Waals surface area contributed by atoms with Gasteiger partial charge < -0.3 is 19.5 Å². The van der Waals surface area contributed by atoms with Gasteiger partial charge in [0.05, 0.1) is 20.3 Å². The van der Waals surface area contributed by atoms with E-state index in [0.29, 0.717) is 42.2 Å². The van der Waals surface area contributed by atoms with Crippen LogP contribution < -0.4 is 19.5 Å². The van der Waals surface area contributed by atoms with Crippen LogP contribution in [0.1, 0.15) is 18.9 Å². The van der Waals surface area contributed by atoms with E-state index in [0.717, 1.165) is 18.5 Å². The highest BCUT2D eigenvalue weighted by molar-refractivity contribution is 6.31. The Labute approximate surface area is 147 Å². The van der Waals surface area contributed by atoms with Crippen LogP contribution >= 0.6 is 11.6 Å². The fraction of sp³-hybridized carbons (Fsp3) is 0.389. The van der Waals surface area contributed by atoms with Crippen LogP contribution in [0.5, 0.6) is 17.4 Å². The molecule has 0 saturated carbocycles. The second-order valence-electron chi connectivity index (χ2n) is 5.07. The van der Waals surface area contributed by atoms with Crippen LogP contribution in [0.15, 0.2) is 36.5 Å². The lowest BCUT2D eigenvalue weighted by molar-refractivity contribution is 0.296. The third-order valence-electron chi connectivity index (χ3n) is 3.33. The van der Waals surface area contributed by atoms with Gasteiger partial charge in [0.1, 0.15) is 0 Å². The predicted molar refractivity (Wildman–Crippen MR) is 95.2 cm³/mol. The number of nitrogens with one attached hydrogen (secondary N) is 1. The molecule has 0 aliphatic heterocycles. The smallest absolute Gasteiger partial charge is 0.213 e. The molecule has 0 radical (unpaired) electrons. The number of ether oxygens (including phenoxy) is 3. The zero-order valence-corrected chi connectivity index (χ0v) is 14.8. The SMILES string of the molecule is CCOc1cc(Cl)c(CNCCCOc2ccccn2)cc1OC. The standard InChI is InChI=1S/C18H23ClN2O3/c1-3-23-17-12-15(19)14(11-16(17)22-2)13-20-8-6-10-24-18-7-4-5-9-21-18/h4-5,7,9,11-12,20H,3,6,8,10,13H2,1-2H3. The molecule has 0 unspecified atom stereocenters. The molecule has 0 aliphatic carbocycles. The van der Waals surface area contributed by atoms with Crippen molar-refractivity contribution in [2.75, 3.05) is 26.9 Å². The number of nitrogens with zero attached hydrogens (tertiary/aromatic N) is 1. The van der Waals surface area contributed by atoms with Crippen LogP contribution in [0.25, 0.3) is 0 Å². The summed E-state index contributed by atoms with van der Waals surface area (Å²) in [5.41, 5.74) is 0.975. The number of methoxy groups -OCH3 is 1. The van der Waals surface area contributed by atoms with Gasteiger partial charge in [-0.25, -0.2) is 4.98 Å². The van der Waals surface area contributed by atoms with E-state index >= 15 is 0 Å². The molecule has 0 fully saturated rings. The summed E-state index contributed by atoms with van der Waals surface area (Å²) >= 11 is 6.31. The van der Waals surface area contributed by atoms with Crippen LogP contribution in [-0.4, -0.2) is 31.9 Å². The minimum atomic E-state index is 0.570. The Balaban J connectivity index is 1.75. The van der Waals surface area contributed by atoms with Gasteiger partial charge in [-0.1, -0.05) is 17.7 Å². The number of rotatable bonds is 10. The molecule has 2 rings (SSSR count). The molecule has 1 aromatic carbocycles. The molecule has 0 atom stereocenters. The Morgan fingerprint density at radius 3 is 2.75 bits per heavy atom. The largest absolute Gasteiger partial charge is 0.493 e. The highest BCUT2D eigenvalue weighted by Gasteiger charge is 2.10. The highest BCUT2D eigenvalue weighted by atomic mass is 35.5. The van der Waals surface area contributed by atoms with E-state index in [1.54, 1.807) is 19.4 Å². The Morgan fingerprint density at radius 1 is 1.17 bits per heavy atom. The van der Waals surface area contributed by atoms with Gasteiger partial charge in [0.15, 0.2) is 11.5 Å². The van der Waals surface area contributed by atoms with Crippen molar-refractivity contribution in [2.45, 2.75) is 19.9 Å². The summed E-state index contributed by atoms with van der Waals surface area (Å²) in [6.07, 6.45) is 2.59. The fourth-order valence-corrected chi connectivity index (χ4v) is 2.39. The maximum absolute atomic E-state index is 6.31. The summed E-state index contributed by atoms with van der Waals surface area (Å²) in [4.78, 5) is 4.11. The number of hydrogen-bond donors (Lipinski definition) is 1. The van der Waals surface area contributed by atoms with Crippen LogP contribution in [0.3, 0.4) is 0 Å². The van der Waals surface area contributed by atoms with Crippen molar-refractivity contribution in [3.8, 4) is 17.4 Å². The second-order valence-corrected chi connectivity index (χ2v) is 5.48. The molecule has 1 heterocycles. The van der Waals surface area contributed by atoms with Gasteiger partial charge in [-0.3, -0.25) is 0 Å². The molecule has 130 valence electrons. The molecular weight excluding hydrogens is 328 g/mol. The molecular formula is C18H23ClN2O3. The van der Waals surface area contributed by atoms with Gasteiger partial charge in [-0.05, 0) is 37.6 Å². The average molecular weight is 351 g/mol. The number of halogens is 1. The number of hydrogen-bond acceptors (Lipinski definition) is 5. The summed E-state index contributed by atoms with van der Waals surface area (Å²) in [7, 11) is 1.62. The fourth-order valence-electron chi connectivity index (χ4n) is 2.17. The van der Waals surface area contributed by atoms with Gasteiger partial charge in [-0.15, -0.1) is 0 Å². The van der Waals surface area contributed by atoms with Crippen molar-refractivity contribution in [2.24, 2.45) is 0 Å². The van der Waals surface area contributed by atoms with Gasteiger partial charge in [0.2, 0.25) is 5.88 Å². The van der Waals surface area contributed by atoms with Crippen LogP contribution in [0.2, 0.25) is 5.02 Å². The molecule has 6 heteroatoms. The van der Waals surface area contributed by atoms with Crippen LogP contribution in [-0.2, 0) is 6.54 Å². The van der Waals surface area contributed by atoms with Crippen molar-refractivity contribution < 1.29 is 14.2 Å². The summed E-state index contributed by atoms with van der Waals surface area (Å²) in [5, 5.41) is 4.01. The highest BCUT2D eigenvalue weighted by Crippen LogP contribution is 2.33.